The van der Waals surface area contributed by atoms with Crippen molar-refractivity contribution < 1.29 is 0 Å². The first-order chi connectivity index (χ1) is 7.98. The monoisotopic (exact) mass is 236 g/mol. The Morgan fingerprint density at radius 2 is 2.18 bits per heavy atom. The second-order valence-electron chi connectivity index (χ2n) is 6.20. The molecule has 1 aliphatic rings. The predicted octanol–water partition coefficient (Wildman–Crippen LogP) is 1.16. The molecule has 1 aromatic heterocycles. The highest BCUT2D eigenvalue weighted by Gasteiger charge is 2.25. The van der Waals surface area contributed by atoms with Crippen molar-refractivity contribution in [1.29, 1.82) is 0 Å². The van der Waals surface area contributed by atoms with Crippen LogP contribution in [0.5, 0.6) is 0 Å². The van der Waals surface area contributed by atoms with Crippen LogP contribution in [0.3, 0.4) is 0 Å². The summed E-state index contributed by atoms with van der Waals surface area (Å²) >= 11 is 0. The lowest BCUT2D eigenvalue weighted by molar-refractivity contribution is 0.207. The molecule has 0 saturated carbocycles. The van der Waals surface area contributed by atoms with Gasteiger partial charge in [0.2, 0.25) is 0 Å². The van der Waals surface area contributed by atoms with E-state index in [2.05, 4.69) is 47.7 Å². The molecule has 17 heavy (non-hydrogen) atoms. The Kier molecular flexibility index (Phi) is 3.54. The molecule has 1 fully saturated rings. The van der Waals surface area contributed by atoms with Crippen LogP contribution >= 0.6 is 0 Å². The molecule has 0 spiro atoms. The van der Waals surface area contributed by atoms with E-state index in [0.717, 1.165) is 26.2 Å². The number of hydrogen-bond donors (Lipinski definition) is 1. The molecular weight excluding hydrogens is 212 g/mol. The first-order valence-corrected chi connectivity index (χ1v) is 6.33. The lowest BCUT2D eigenvalue weighted by atomic mass is 9.92. The Morgan fingerprint density at radius 1 is 1.47 bits per heavy atom. The van der Waals surface area contributed by atoms with E-state index in [0.29, 0.717) is 5.92 Å². The molecule has 96 valence electrons. The van der Waals surface area contributed by atoms with Crippen LogP contribution in [-0.2, 0) is 6.54 Å². The summed E-state index contributed by atoms with van der Waals surface area (Å²) < 4.78 is 2.33. The summed E-state index contributed by atoms with van der Waals surface area (Å²) in [5.41, 5.74) is 1.66. The molecular formula is C13H24N4. The fourth-order valence-electron chi connectivity index (χ4n) is 2.67. The summed E-state index contributed by atoms with van der Waals surface area (Å²) in [4.78, 5) is 6.56. The van der Waals surface area contributed by atoms with E-state index in [-0.39, 0.29) is 5.41 Å². The zero-order valence-electron chi connectivity index (χ0n) is 11.4. The summed E-state index contributed by atoms with van der Waals surface area (Å²) in [6.45, 7) is 8.95. The maximum Gasteiger partial charge on any atom is 0.0948 e. The summed E-state index contributed by atoms with van der Waals surface area (Å²) in [6, 6.07) is 0. The average Bonchev–Trinajstić information content (AvgIpc) is 2.46. The second kappa shape index (κ2) is 4.78. The van der Waals surface area contributed by atoms with Crippen molar-refractivity contribution in [2.75, 3.05) is 33.7 Å². The Balaban J connectivity index is 2.04. The normalized spacial score (nSPS) is 17.5. The van der Waals surface area contributed by atoms with Crippen molar-refractivity contribution in [2.24, 2.45) is 5.41 Å². The third-order valence-corrected chi connectivity index (χ3v) is 3.29. The first-order valence-electron chi connectivity index (χ1n) is 6.33. The minimum absolute atomic E-state index is 0.274. The zero-order valence-corrected chi connectivity index (χ0v) is 11.4. The number of nitrogens with one attached hydrogen (secondary N) is 1. The van der Waals surface area contributed by atoms with Crippen LogP contribution in [0, 0.1) is 5.41 Å². The van der Waals surface area contributed by atoms with E-state index in [1.807, 2.05) is 12.5 Å². The first kappa shape index (κ1) is 12.6. The Bertz CT molecular complexity index is 363. The zero-order chi connectivity index (χ0) is 12.5. The van der Waals surface area contributed by atoms with Gasteiger partial charge in [-0.1, -0.05) is 13.8 Å². The number of aromatic nitrogens is 2. The molecule has 0 unspecified atom stereocenters. The molecule has 0 amide bonds. The lowest BCUT2D eigenvalue weighted by Crippen LogP contribution is -2.41. The molecule has 4 nitrogen and oxygen atoms in total. The van der Waals surface area contributed by atoms with Crippen LogP contribution in [0.2, 0.25) is 0 Å². The smallest absolute Gasteiger partial charge is 0.0948 e. The van der Waals surface area contributed by atoms with Gasteiger partial charge in [0.1, 0.15) is 0 Å². The van der Waals surface area contributed by atoms with Crippen LogP contribution in [0.1, 0.15) is 25.5 Å². The fraction of sp³-hybridized carbons (Fsp3) is 0.769. The minimum Gasteiger partial charge on any atom is -0.334 e. The van der Waals surface area contributed by atoms with Gasteiger partial charge in [-0.05, 0) is 19.5 Å². The van der Waals surface area contributed by atoms with Crippen molar-refractivity contribution in [3.8, 4) is 0 Å². The van der Waals surface area contributed by atoms with E-state index in [4.69, 9.17) is 0 Å². The van der Waals surface area contributed by atoms with Gasteiger partial charge in [-0.3, -0.25) is 0 Å². The summed E-state index contributed by atoms with van der Waals surface area (Å²) in [7, 11) is 4.26. The topological polar surface area (TPSA) is 33.1 Å². The highest BCUT2D eigenvalue weighted by molar-refractivity contribution is 5.12. The van der Waals surface area contributed by atoms with E-state index in [1.54, 1.807) is 0 Å². The highest BCUT2D eigenvalue weighted by Crippen LogP contribution is 2.24. The van der Waals surface area contributed by atoms with Crippen molar-refractivity contribution >= 4 is 0 Å². The molecule has 0 radical (unpaired) electrons. The maximum atomic E-state index is 4.31. The third-order valence-electron chi connectivity index (χ3n) is 3.29. The number of imidazole rings is 1. The molecule has 4 heteroatoms. The van der Waals surface area contributed by atoms with Crippen molar-refractivity contribution in [3.63, 3.8) is 0 Å². The molecule has 1 aliphatic heterocycles. The van der Waals surface area contributed by atoms with Gasteiger partial charge in [0.25, 0.3) is 0 Å². The number of hydrogen-bond acceptors (Lipinski definition) is 3. The van der Waals surface area contributed by atoms with E-state index in [9.17, 15) is 0 Å². The molecule has 1 aromatic rings. The summed E-state index contributed by atoms with van der Waals surface area (Å²) in [5, 5.41) is 3.32. The Hall–Kier alpha value is -0.870. The van der Waals surface area contributed by atoms with Crippen molar-refractivity contribution in [2.45, 2.75) is 26.3 Å². The number of rotatable bonds is 5. The quantitative estimate of drug-likeness (QED) is 0.833. The van der Waals surface area contributed by atoms with Gasteiger partial charge in [0.15, 0.2) is 0 Å². The molecule has 0 aromatic carbocycles. The average molecular weight is 236 g/mol. The molecule has 1 N–H and O–H groups in total. The van der Waals surface area contributed by atoms with E-state index in [1.165, 1.54) is 5.69 Å². The predicted molar refractivity (Wildman–Crippen MR) is 70.2 cm³/mol. The van der Waals surface area contributed by atoms with Gasteiger partial charge in [-0.25, -0.2) is 4.98 Å². The highest BCUT2D eigenvalue weighted by atomic mass is 15.1. The molecule has 2 rings (SSSR count). The fourth-order valence-corrected chi connectivity index (χ4v) is 2.67. The van der Waals surface area contributed by atoms with Gasteiger partial charge in [0, 0.05) is 44.0 Å². The third kappa shape index (κ3) is 3.07. The SMILES string of the molecule is CN(C)CC(C)(C)Cn1cncc1C1CNC1. The molecule has 1 saturated heterocycles. The largest absolute Gasteiger partial charge is 0.334 e. The van der Waals surface area contributed by atoms with Crippen molar-refractivity contribution in [3.05, 3.63) is 18.2 Å². The minimum atomic E-state index is 0.274. The molecule has 0 atom stereocenters. The van der Waals surface area contributed by atoms with Crippen LogP contribution in [0.25, 0.3) is 0 Å². The van der Waals surface area contributed by atoms with E-state index >= 15 is 0 Å². The van der Waals surface area contributed by atoms with Gasteiger partial charge in [0.05, 0.1) is 6.33 Å². The van der Waals surface area contributed by atoms with Crippen LogP contribution in [0.4, 0.5) is 0 Å². The van der Waals surface area contributed by atoms with Crippen LogP contribution in [-0.4, -0.2) is 48.2 Å². The molecule has 0 bridgehead atoms. The Labute approximate surface area is 104 Å². The summed E-state index contributed by atoms with van der Waals surface area (Å²) in [6.07, 6.45) is 4.00. The van der Waals surface area contributed by atoms with Crippen LogP contribution < -0.4 is 5.32 Å². The standard InChI is InChI=1S/C13H24N4/c1-13(2,8-16(3)4)9-17-10-15-7-12(17)11-5-14-6-11/h7,10-11,14H,5-6,8-9H2,1-4H3. The number of nitrogens with zero attached hydrogens (tertiary/aromatic N) is 3. The second-order valence-corrected chi connectivity index (χ2v) is 6.20. The van der Waals surface area contributed by atoms with E-state index < -0.39 is 0 Å². The molecule has 0 aliphatic carbocycles. The van der Waals surface area contributed by atoms with Crippen LogP contribution in [0.15, 0.2) is 12.5 Å². The lowest BCUT2D eigenvalue weighted by Gasteiger charge is -2.32. The van der Waals surface area contributed by atoms with Crippen molar-refractivity contribution in [1.82, 2.24) is 19.8 Å². The van der Waals surface area contributed by atoms with Gasteiger partial charge in [-0.15, -0.1) is 0 Å². The Morgan fingerprint density at radius 3 is 2.71 bits per heavy atom. The van der Waals surface area contributed by atoms with Gasteiger partial charge in [-0.2, -0.15) is 0 Å². The maximum absolute atomic E-state index is 4.31. The summed E-state index contributed by atoms with van der Waals surface area (Å²) in [5.74, 6) is 0.660. The van der Waals surface area contributed by atoms with Gasteiger partial charge < -0.3 is 14.8 Å². The molecule has 2 heterocycles. The van der Waals surface area contributed by atoms with Gasteiger partial charge >= 0.3 is 0 Å².